The van der Waals surface area contributed by atoms with Crippen molar-refractivity contribution in [2.24, 2.45) is 28.1 Å². The van der Waals surface area contributed by atoms with Crippen LogP contribution in [0.3, 0.4) is 0 Å². The maximum Gasteiger partial charge on any atom is 0.243 e. The van der Waals surface area contributed by atoms with E-state index in [1.807, 2.05) is 38.1 Å². The van der Waals surface area contributed by atoms with Gasteiger partial charge >= 0.3 is 0 Å². The standard InChI is InChI=1S/C33H50N10O6/c1-19(2)16-25-31(48)42-24(11-7-15-38-33(35)36)30(47)43-26(17-20-18-39-22-9-4-3-8-21(20)22)32(49)41-23(29(34)46)10-5-6-14-37-27(44)12-13-28(45)40-25/h3-4,8-9,18-19,23-26,39H,5-7,10-17H2,1-2H3,(H2,34,46)(H,37,44)(H,40,45)(H,41,49)(H,42,48)(H,43,47)(H4,35,36,38)/t23-,24?,25?,26-/m0/s1. The normalized spacial score (nSPS) is 22.3. The molecule has 3 rings (SSSR count). The van der Waals surface area contributed by atoms with Gasteiger partial charge in [-0.05, 0) is 56.1 Å². The molecule has 49 heavy (non-hydrogen) atoms. The molecule has 0 aliphatic carbocycles. The van der Waals surface area contributed by atoms with Crippen LogP contribution in [0.5, 0.6) is 0 Å². The molecule has 16 heteroatoms. The number of nitrogens with two attached hydrogens (primary N) is 3. The number of guanidine groups is 1. The molecule has 2 aromatic rings. The fourth-order valence-electron chi connectivity index (χ4n) is 5.59. The van der Waals surface area contributed by atoms with E-state index in [-0.39, 0.29) is 62.9 Å². The number of fused-ring (bicyclic) bond motifs is 1. The van der Waals surface area contributed by atoms with E-state index >= 15 is 0 Å². The summed E-state index contributed by atoms with van der Waals surface area (Å²) in [6, 6.07) is 3.15. The number of amides is 6. The molecule has 1 aromatic carbocycles. The molecule has 0 saturated carbocycles. The van der Waals surface area contributed by atoms with Gasteiger partial charge in [-0.3, -0.25) is 33.8 Å². The van der Waals surface area contributed by atoms with Gasteiger partial charge in [0.05, 0.1) is 0 Å². The second kappa shape index (κ2) is 19.0. The van der Waals surface area contributed by atoms with Gasteiger partial charge in [0.1, 0.15) is 24.2 Å². The number of nitrogens with one attached hydrogen (secondary N) is 6. The van der Waals surface area contributed by atoms with Crippen molar-refractivity contribution in [2.45, 2.75) is 95.8 Å². The maximum atomic E-state index is 13.9. The van der Waals surface area contributed by atoms with Crippen LogP contribution in [0.15, 0.2) is 35.5 Å². The number of aliphatic imine (C=N–C) groups is 1. The van der Waals surface area contributed by atoms with Gasteiger partial charge in [-0.25, -0.2) is 0 Å². The molecule has 6 amide bonds. The summed E-state index contributed by atoms with van der Waals surface area (Å²) in [7, 11) is 0. The fourth-order valence-corrected chi connectivity index (χ4v) is 5.59. The number of carbonyl (C=O) groups is 6. The van der Waals surface area contributed by atoms with Gasteiger partial charge in [-0.2, -0.15) is 0 Å². The molecule has 2 heterocycles. The lowest BCUT2D eigenvalue weighted by Gasteiger charge is -2.27. The molecule has 1 saturated heterocycles. The summed E-state index contributed by atoms with van der Waals surface area (Å²) in [6.45, 7) is 4.24. The van der Waals surface area contributed by atoms with Crippen LogP contribution in [-0.2, 0) is 35.2 Å². The van der Waals surface area contributed by atoms with Crippen LogP contribution in [0.25, 0.3) is 10.9 Å². The Hall–Kier alpha value is -5.15. The number of aromatic amines is 1. The highest BCUT2D eigenvalue weighted by Crippen LogP contribution is 2.20. The Bertz CT molecular complexity index is 1500. The van der Waals surface area contributed by atoms with Crippen LogP contribution in [-0.4, -0.2) is 83.6 Å². The lowest BCUT2D eigenvalue weighted by Crippen LogP contribution is -2.58. The fraction of sp³-hybridized carbons (Fsp3) is 0.545. The molecule has 1 aliphatic rings. The highest BCUT2D eigenvalue weighted by atomic mass is 16.2. The average molecular weight is 683 g/mol. The van der Waals surface area contributed by atoms with Gasteiger partial charge in [0.2, 0.25) is 35.4 Å². The summed E-state index contributed by atoms with van der Waals surface area (Å²) in [4.78, 5) is 86.0. The van der Waals surface area contributed by atoms with E-state index in [1.54, 1.807) is 6.20 Å². The van der Waals surface area contributed by atoms with Gasteiger partial charge in [-0.15, -0.1) is 0 Å². The Morgan fingerprint density at radius 2 is 1.53 bits per heavy atom. The third kappa shape index (κ3) is 12.8. The van der Waals surface area contributed by atoms with Crippen LogP contribution < -0.4 is 43.8 Å². The maximum absolute atomic E-state index is 13.9. The Kier molecular flexibility index (Phi) is 14.9. The first-order valence-electron chi connectivity index (χ1n) is 16.7. The minimum atomic E-state index is -1.17. The van der Waals surface area contributed by atoms with Crippen molar-refractivity contribution in [3.05, 3.63) is 36.0 Å². The number of primary amides is 1. The second-order valence-electron chi connectivity index (χ2n) is 12.7. The van der Waals surface area contributed by atoms with E-state index in [4.69, 9.17) is 17.2 Å². The molecule has 1 aliphatic heterocycles. The summed E-state index contributed by atoms with van der Waals surface area (Å²) >= 11 is 0. The van der Waals surface area contributed by atoms with Gasteiger partial charge in [0.25, 0.3) is 0 Å². The largest absolute Gasteiger partial charge is 0.370 e. The number of hydrogen-bond donors (Lipinski definition) is 9. The summed E-state index contributed by atoms with van der Waals surface area (Å²) in [5.41, 5.74) is 18.1. The minimum Gasteiger partial charge on any atom is -0.370 e. The molecule has 4 atom stereocenters. The summed E-state index contributed by atoms with van der Waals surface area (Å²) in [5.74, 6) is -3.60. The van der Waals surface area contributed by atoms with E-state index in [1.165, 1.54) is 0 Å². The number of nitrogens with zero attached hydrogens (tertiary/aromatic N) is 1. The number of carbonyl (C=O) groups excluding carboxylic acids is 6. The third-order valence-corrected chi connectivity index (χ3v) is 8.15. The molecule has 0 bridgehead atoms. The third-order valence-electron chi connectivity index (χ3n) is 8.15. The number of hydrogen-bond acceptors (Lipinski definition) is 7. The SMILES string of the molecule is CC(C)CC1NC(=O)CCC(=O)NCCCC[C@@H](C(N)=O)NC(=O)[C@H](Cc2c[nH]c3ccccc23)NC(=O)C(CCCN=C(N)N)NC1=O. The van der Waals surface area contributed by atoms with E-state index < -0.39 is 53.7 Å². The number of rotatable bonds is 9. The Balaban J connectivity index is 1.97. The lowest BCUT2D eigenvalue weighted by atomic mass is 10.0. The first-order chi connectivity index (χ1) is 23.3. The van der Waals surface area contributed by atoms with E-state index in [0.717, 1.165) is 16.5 Å². The monoisotopic (exact) mass is 682 g/mol. The quantitative estimate of drug-likeness (QED) is 0.0926. The number of H-pyrrole nitrogens is 1. The second-order valence-corrected chi connectivity index (χ2v) is 12.7. The van der Waals surface area contributed by atoms with Crippen molar-refractivity contribution < 1.29 is 28.8 Å². The Morgan fingerprint density at radius 1 is 0.857 bits per heavy atom. The lowest BCUT2D eigenvalue weighted by molar-refractivity contribution is -0.134. The minimum absolute atomic E-state index is 0.00138. The van der Waals surface area contributed by atoms with Crippen LogP contribution in [0.1, 0.15) is 70.8 Å². The molecule has 2 unspecified atom stereocenters. The van der Waals surface area contributed by atoms with Crippen molar-refractivity contribution in [2.75, 3.05) is 13.1 Å². The summed E-state index contributed by atoms with van der Waals surface area (Å²) in [6.07, 6.45) is 3.39. The predicted octanol–water partition coefficient (Wildman–Crippen LogP) is -0.685. The van der Waals surface area contributed by atoms with Crippen molar-refractivity contribution >= 4 is 52.3 Å². The zero-order valence-electron chi connectivity index (χ0n) is 28.2. The number of para-hydroxylation sites is 1. The van der Waals surface area contributed by atoms with Crippen LogP contribution in [0.4, 0.5) is 0 Å². The van der Waals surface area contributed by atoms with Crippen molar-refractivity contribution in [3.8, 4) is 0 Å². The molecule has 1 fully saturated rings. The van der Waals surface area contributed by atoms with Crippen molar-refractivity contribution in [1.82, 2.24) is 31.6 Å². The van der Waals surface area contributed by atoms with E-state index in [9.17, 15) is 28.8 Å². The number of aromatic nitrogens is 1. The van der Waals surface area contributed by atoms with Crippen LogP contribution in [0, 0.1) is 5.92 Å². The molecular formula is C33H50N10O6. The molecule has 1 aromatic heterocycles. The highest BCUT2D eigenvalue weighted by Gasteiger charge is 2.32. The Labute approximate surface area is 285 Å². The van der Waals surface area contributed by atoms with Crippen molar-refractivity contribution in [1.29, 1.82) is 0 Å². The Morgan fingerprint density at radius 3 is 2.24 bits per heavy atom. The van der Waals surface area contributed by atoms with Crippen LogP contribution in [0.2, 0.25) is 0 Å². The predicted molar refractivity (Wildman–Crippen MR) is 184 cm³/mol. The van der Waals surface area contributed by atoms with Gasteiger partial charge in [0.15, 0.2) is 5.96 Å². The number of benzene rings is 1. The molecule has 12 N–H and O–H groups in total. The van der Waals surface area contributed by atoms with E-state index in [0.29, 0.717) is 25.8 Å². The van der Waals surface area contributed by atoms with Crippen molar-refractivity contribution in [3.63, 3.8) is 0 Å². The smallest absolute Gasteiger partial charge is 0.243 e. The van der Waals surface area contributed by atoms with Crippen LogP contribution >= 0.6 is 0 Å². The molecule has 0 spiro atoms. The zero-order chi connectivity index (χ0) is 35.9. The summed E-state index contributed by atoms with van der Waals surface area (Å²) < 4.78 is 0. The topological polar surface area (TPSA) is 269 Å². The highest BCUT2D eigenvalue weighted by molar-refractivity contribution is 5.96. The first-order valence-corrected chi connectivity index (χ1v) is 16.7. The summed E-state index contributed by atoms with van der Waals surface area (Å²) in [5, 5.41) is 14.5. The average Bonchev–Trinajstić information content (AvgIpc) is 3.45. The molecular weight excluding hydrogens is 632 g/mol. The van der Waals surface area contributed by atoms with E-state index in [2.05, 4.69) is 36.6 Å². The zero-order valence-corrected chi connectivity index (χ0v) is 28.2. The molecule has 16 nitrogen and oxygen atoms in total. The van der Waals surface area contributed by atoms with Gasteiger partial charge in [0, 0.05) is 49.5 Å². The first kappa shape index (κ1) is 38.3. The van der Waals surface area contributed by atoms with Gasteiger partial charge < -0.3 is 48.8 Å². The molecule has 0 radical (unpaired) electrons. The molecule has 268 valence electrons. The van der Waals surface area contributed by atoms with Gasteiger partial charge in [-0.1, -0.05) is 32.0 Å².